The van der Waals surface area contributed by atoms with Gasteiger partial charge < -0.3 is 10.1 Å². The maximum Gasteiger partial charge on any atom is 0.338 e. The van der Waals surface area contributed by atoms with E-state index < -0.39 is 16.8 Å². The maximum absolute atomic E-state index is 12.0. The molecule has 0 fully saturated rings. The minimum atomic E-state index is -0.513. The molecule has 2 rings (SSSR count). The van der Waals surface area contributed by atoms with E-state index in [2.05, 4.69) is 5.32 Å². The molecule has 2 aromatic rings. The summed E-state index contributed by atoms with van der Waals surface area (Å²) in [6.07, 6.45) is 2.56. The van der Waals surface area contributed by atoms with Crippen LogP contribution < -0.4 is 5.32 Å². The van der Waals surface area contributed by atoms with Gasteiger partial charge in [0.1, 0.15) is 0 Å². The first-order chi connectivity index (χ1) is 12.0. The molecule has 0 radical (unpaired) electrons. The SMILES string of the molecule is CCOC(=O)c1cccc(NC(=O)C=Cc2ccccc2[N+](=O)[O-])c1. The maximum atomic E-state index is 12.0. The molecule has 2 aromatic carbocycles. The Morgan fingerprint density at radius 3 is 2.68 bits per heavy atom. The van der Waals surface area contributed by atoms with Gasteiger partial charge in [-0.2, -0.15) is 0 Å². The fraction of sp³-hybridized carbons (Fsp3) is 0.111. The molecule has 0 saturated heterocycles. The second-order valence-electron chi connectivity index (χ2n) is 4.94. The van der Waals surface area contributed by atoms with E-state index >= 15 is 0 Å². The number of nitro benzene ring substituents is 1. The standard InChI is InChI=1S/C18H16N2O5/c1-2-25-18(22)14-7-5-8-15(12-14)19-17(21)11-10-13-6-3-4-9-16(13)20(23)24/h3-12H,2H2,1H3,(H,19,21). The van der Waals surface area contributed by atoms with Crippen LogP contribution >= 0.6 is 0 Å². The normalized spacial score (nSPS) is 10.4. The number of nitrogens with zero attached hydrogens (tertiary/aromatic N) is 1. The number of nitro groups is 1. The second-order valence-corrected chi connectivity index (χ2v) is 4.94. The number of ether oxygens (including phenoxy) is 1. The zero-order valence-electron chi connectivity index (χ0n) is 13.5. The summed E-state index contributed by atoms with van der Waals surface area (Å²) in [5.41, 5.74) is 0.976. The lowest BCUT2D eigenvalue weighted by molar-refractivity contribution is -0.385. The monoisotopic (exact) mass is 340 g/mol. The molecular formula is C18H16N2O5. The number of esters is 1. The van der Waals surface area contributed by atoms with Crippen molar-refractivity contribution >= 4 is 29.3 Å². The largest absolute Gasteiger partial charge is 0.462 e. The summed E-state index contributed by atoms with van der Waals surface area (Å²) < 4.78 is 4.90. The highest BCUT2D eigenvalue weighted by atomic mass is 16.6. The predicted molar refractivity (Wildman–Crippen MR) is 93.2 cm³/mol. The zero-order chi connectivity index (χ0) is 18.2. The van der Waals surface area contributed by atoms with Crippen LogP contribution in [-0.2, 0) is 9.53 Å². The molecule has 0 aliphatic carbocycles. The van der Waals surface area contributed by atoms with Crippen molar-refractivity contribution in [3.8, 4) is 0 Å². The highest BCUT2D eigenvalue weighted by Crippen LogP contribution is 2.19. The molecule has 25 heavy (non-hydrogen) atoms. The van der Waals surface area contributed by atoms with Crippen molar-refractivity contribution in [1.82, 2.24) is 0 Å². The van der Waals surface area contributed by atoms with Gasteiger partial charge in [0.05, 0.1) is 22.7 Å². The van der Waals surface area contributed by atoms with Crippen molar-refractivity contribution in [3.63, 3.8) is 0 Å². The Morgan fingerprint density at radius 2 is 1.96 bits per heavy atom. The average Bonchev–Trinajstić information content (AvgIpc) is 2.60. The van der Waals surface area contributed by atoms with Crippen molar-refractivity contribution in [1.29, 1.82) is 0 Å². The number of para-hydroxylation sites is 1. The summed E-state index contributed by atoms with van der Waals surface area (Å²) in [4.78, 5) is 34.1. The second kappa shape index (κ2) is 8.39. The summed E-state index contributed by atoms with van der Waals surface area (Å²) in [7, 11) is 0. The van der Waals surface area contributed by atoms with Crippen molar-refractivity contribution in [2.24, 2.45) is 0 Å². The van der Waals surface area contributed by atoms with Gasteiger partial charge in [-0.05, 0) is 37.3 Å². The molecule has 0 aliphatic heterocycles. The first kappa shape index (κ1) is 17.9. The number of nitrogens with one attached hydrogen (secondary N) is 1. The van der Waals surface area contributed by atoms with Crippen LogP contribution in [0.4, 0.5) is 11.4 Å². The summed E-state index contributed by atoms with van der Waals surface area (Å²) in [6.45, 7) is 1.96. The van der Waals surface area contributed by atoms with E-state index in [4.69, 9.17) is 4.74 Å². The molecule has 7 nitrogen and oxygen atoms in total. The van der Waals surface area contributed by atoms with E-state index in [1.54, 1.807) is 43.3 Å². The topological polar surface area (TPSA) is 98.5 Å². The molecule has 0 heterocycles. The minimum Gasteiger partial charge on any atom is -0.462 e. The fourth-order valence-electron chi connectivity index (χ4n) is 2.08. The van der Waals surface area contributed by atoms with Crippen LogP contribution in [-0.4, -0.2) is 23.4 Å². The van der Waals surface area contributed by atoms with E-state index in [1.165, 1.54) is 24.3 Å². The van der Waals surface area contributed by atoms with E-state index in [9.17, 15) is 19.7 Å². The molecular weight excluding hydrogens is 324 g/mol. The number of carbonyl (C=O) groups excluding carboxylic acids is 2. The lowest BCUT2D eigenvalue weighted by Crippen LogP contribution is -2.09. The van der Waals surface area contributed by atoms with Crippen molar-refractivity contribution in [2.45, 2.75) is 6.92 Å². The molecule has 0 aliphatic rings. The number of amides is 1. The van der Waals surface area contributed by atoms with E-state index in [1.807, 2.05) is 0 Å². The van der Waals surface area contributed by atoms with Crippen molar-refractivity contribution in [3.05, 3.63) is 75.8 Å². The van der Waals surface area contributed by atoms with Gasteiger partial charge in [-0.3, -0.25) is 14.9 Å². The van der Waals surface area contributed by atoms with Gasteiger partial charge in [-0.25, -0.2) is 4.79 Å². The first-order valence-electron chi connectivity index (χ1n) is 7.51. The highest BCUT2D eigenvalue weighted by Gasteiger charge is 2.10. The number of rotatable bonds is 6. The minimum absolute atomic E-state index is 0.0872. The Hall–Kier alpha value is -3.48. The molecule has 1 N–H and O–H groups in total. The van der Waals surface area contributed by atoms with Crippen LogP contribution in [0.25, 0.3) is 6.08 Å². The number of hydrogen-bond acceptors (Lipinski definition) is 5. The predicted octanol–water partition coefficient (Wildman–Crippen LogP) is 3.42. The van der Waals surface area contributed by atoms with Gasteiger partial charge in [-0.15, -0.1) is 0 Å². The lowest BCUT2D eigenvalue weighted by atomic mass is 10.1. The molecule has 0 saturated carbocycles. The van der Waals surface area contributed by atoms with Crippen LogP contribution in [0.5, 0.6) is 0 Å². The molecule has 0 unspecified atom stereocenters. The van der Waals surface area contributed by atoms with Gasteiger partial charge >= 0.3 is 5.97 Å². The molecule has 0 atom stereocenters. The van der Waals surface area contributed by atoms with Crippen molar-refractivity contribution in [2.75, 3.05) is 11.9 Å². The van der Waals surface area contributed by atoms with Gasteiger partial charge in [0.15, 0.2) is 0 Å². The Morgan fingerprint density at radius 1 is 1.20 bits per heavy atom. The number of carbonyl (C=O) groups is 2. The van der Waals surface area contributed by atoms with E-state index in [0.717, 1.165) is 0 Å². The molecule has 7 heteroatoms. The van der Waals surface area contributed by atoms with Crippen LogP contribution in [0.1, 0.15) is 22.8 Å². The van der Waals surface area contributed by atoms with E-state index in [-0.39, 0.29) is 12.3 Å². The Kier molecular flexibility index (Phi) is 6.00. The summed E-state index contributed by atoms with van der Waals surface area (Å²) in [5, 5.41) is 13.5. The zero-order valence-corrected chi connectivity index (χ0v) is 13.5. The molecule has 0 spiro atoms. The number of anilines is 1. The Labute approximate surface area is 144 Å². The van der Waals surface area contributed by atoms with Crippen LogP contribution in [0.3, 0.4) is 0 Å². The smallest absolute Gasteiger partial charge is 0.338 e. The van der Waals surface area contributed by atoms with Gasteiger partial charge in [0.25, 0.3) is 5.69 Å². The lowest BCUT2D eigenvalue weighted by Gasteiger charge is -2.05. The molecule has 128 valence electrons. The number of hydrogen-bond donors (Lipinski definition) is 1. The first-order valence-corrected chi connectivity index (χ1v) is 7.51. The highest BCUT2D eigenvalue weighted by molar-refractivity contribution is 6.03. The third-order valence-corrected chi connectivity index (χ3v) is 3.19. The Balaban J connectivity index is 2.09. The fourth-order valence-corrected chi connectivity index (χ4v) is 2.08. The van der Waals surface area contributed by atoms with Gasteiger partial charge in [-0.1, -0.05) is 18.2 Å². The quantitative estimate of drug-likeness (QED) is 0.376. The van der Waals surface area contributed by atoms with Crippen LogP contribution in [0, 0.1) is 10.1 Å². The van der Waals surface area contributed by atoms with Gasteiger partial charge in [0, 0.05) is 17.8 Å². The van der Waals surface area contributed by atoms with Crippen molar-refractivity contribution < 1.29 is 19.2 Å². The van der Waals surface area contributed by atoms with E-state index in [0.29, 0.717) is 16.8 Å². The molecule has 1 amide bonds. The molecule has 0 bridgehead atoms. The van der Waals surface area contributed by atoms with Gasteiger partial charge in [0.2, 0.25) is 5.91 Å². The summed E-state index contributed by atoms with van der Waals surface area (Å²) in [5.74, 6) is -0.951. The number of benzene rings is 2. The summed E-state index contributed by atoms with van der Waals surface area (Å²) >= 11 is 0. The molecule has 0 aromatic heterocycles. The Bertz CT molecular complexity index is 830. The van der Waals surface area contributed by atoms with Crippen LogP contribution in [0.15, 0.2) is 54.6 Å². The van der Waals surface area contributed by atoms with Crippen LogP contribution in [0.2, 0.25) is 0 Å². The average molecular weight is 340 g/mol. The third-order valence-electron chi connectivity index (χ3n) is 3.19. The third kappa shape index (κ3) is 5.00. The summed E-state index contributed by atoms with van der Waals surface area (Å²) in [6, 6.07) is 12.4.